The number of benzene rings is 1. The largest absolute Gasteiger partial charge is 0.490 e. The topological polar surface area (TPSA) is 84.7 Å². The first-order valence-corrected chi connectivity index (χ1v) is 8.58. The van der Waals surface area contributed by atoms with Crippen LogP contribution in [0.25, 0.3) is 0 Å². The van der Waals surface area contributed by atoms with Crippen LogP contribution in [0, 0.1) is 21.4 Å². The maximum absolute atomic E-state index is 12.0. The minimum absolute atomic E-state index is 0.0303. The summed E-state index contributed by atoms with van der Waals surface area (Å²) >= 11 is 0. The van der Waals surface area contributed by atoms with Crippen LogP contribution < -0.4 is 15.0 Å². The summed E-state index contributed by atoms with van der Waals surface area (Å²) in [5, 5.41) is 14.1. The molecule has 0 radical (unpaired) electrons. The zero-order chi connectivity index (χ0) is 18.6. The number of carbonyl (C=O) groups is 1. The quantitative estimate of drug-likeness (QED) is 0.652. The van der Waals surface area contributed by atoms with Gasteiger partial charge in [0.25, 0.3) is 0 Å². The lowest BCUT2D eigenvalue weighted by Gasteiger charge is -2.35. The molecule has 1 aromatic rings. The van der Waals surface area contributed by atoms with Crippen molar-refractivity contribution in [1.29, 1.82) is 0 Å². The summed E-state index contributed by atoms with van der Waals surface area (Å²) in [4.78, 5) is 24.8. The summed E-state index contributed by atoms with van der Waals surface area (Å²) in [5.74, 6) is 0.688. The molecule has 0 bridgehead atoms. The van der Waals surface area contributed by atoms with Crippen molar-refractivity contribution in [2.45, 2.75) is 33.6 Å². The van der Waals surface area contributed by atoms with Crippen molar-refractivity contribution in [2.75, 3.05) is 31.6 Å². The highest BCUT2D eigenvalue weighted by atomic mass is 16.6. The van der Waals surface area contributed by atoms with Crippen LogP contribution in [0.15, 0.2) is 18.2 Å². The molecule has 2 rings (SSSR count). The van der Waals surface area contributed by atoms with E-state index in [2.05, 4.69) is 10.2 Å². The summed E-state index contributed by atoms with van der Waals surface area (Å²) in [6, 6.07) is 4.96. The molecule has 7 nitrogen and oxygen atoms in total. The molecule has 1 aliphatic rings. The minimum atomic E-state index is -0.441. The number of anilines is 1. The van der Waals surface area contributed by atoms with Crippen LogP contribution in [0.3, 0.4) is 0 Å². The molecule has 1 saturated heterocycles. The Morgan fingerprint density at radius 1 is 1.44 bits per heavy atom. The minimum Gasteiger partial charge on any atom is -0.490 e. The van der Waals surface area contributed by atoms with Crippen molar-refractivity contribution in [3.8, 4) is 5.75 Å². The molecular formula is C18H27N3O4. The van der Waals surface area contributed by atoms with Crippen molar-refractivity contribution in [2.24, 2.45) is 11.3 Å². The number of amides is 1. The van der Waals surface area contributed by atoms with Gasteiger partial charge >= 0.3 is 5.69 Å². The van der Waals surface area contributed by atoms with E-state index in [4.69, 9.17) is 4.74 Å². The zero-order valence-electron chi connectivity index (χ0n) is 15.4. The number of hydrogen-bond acceptors (Lipinski definition) is 5. The molecule has 138 valence electrons. The smallest absolute Gasteiger partial charge is 0.311 e. The number of rotatable bonds is 5. The van der Waals surface area contributed by atoms with Gasteiger partial charge in [0, 0.05) is 42.9 Å². The fourth-order valence-corrected chi connectivity index (χ4v) is 2.98. The fourth-order valence-electron chi connectivity index (χ4n) is 2.98. The maximum Gasteiger partial charge on any atom is 0.311 e. The number of ether oxygens (including phenoxy) is 1. The molecule has 1 unspecified atom stereocenters. The normalized spacial score (nSPS) is 17.9. The van der Waals surface area contributed by atoms with E-state index in [1.54, 1.807) is 12.1 Å². The Hall–Kier alpha value is -2.31. The Bertz CT molecular complexity index is 640. The Morgan fingerprint density at radius 3 is 2.76 bits per heavy atom. The van der Waals surface area contributed by atoms with Gasteiger partial charge in [0.1, 0.15) is 0 Å². The van der Waals surface area contributed by atoms with Gasteiger partial charge in [-0.3, -0.25) is 14.9 Å². The van der Waals surface area contributed by atoms with Crippen LogP contribution in [-0.2, 0) is 4.79 Å². The molecule has 0 aliphatic carbocycles. The van der Waals surface area contributed by atoms with Gasteiger partial charge < -0.3 is 15.0 Å². The summed E-state index contributed by atoms with van der Waals surface area (Å²) in [7, 11) is 1.44. The second-order valence-corrected chi connectivity index (χ2v) is 7.53. The van der Waals surface area contributed by atoms with E-state index in [0.717, 1.165) is 31.6 Å². The molecule has 1 atom stereocenters. The maximum atomic E-state index is 12.0. The molecule has 1 amide bonds. The highest BCUT2D eigenvalue weighted by Gasteiger charge is 2.25. The monoisotopic (exact) mass is 349 g/mol. The zero-order valence-corrected chi connectivity index (χ0v) is 15.4. The van der Waals surface area contributed by atoms with Crippen LogP contribution in [-0.4, -0.2) is 37.6 Å². The SMILES string of the molecule is COc1cc(N2CCCC(CNC(=O)C(C)(C)C)C2)ccc1[N+](=O)[O-]. The fraction of sp³-hybridized carbons (Fsp3) is 0.611. The van der Waals surface area contributed by atoms with Gasteiger partial charge in [-0.15, -0.1) is 0 Å². The van der Waals surface area contributed by atoms with Crippen LogP contribution in [0.5, 0.6) is 5.75 Å². The molecule has 0 spiro atoms. The molecule has 1 aromatic carbocycles. The Morgan fingerprint density at radius 2 is 2.16 bits per heavy atom. The van der Waals surface area contributed by atoms with Gasteiger partial charge in [-0.25, -0.2) is 0 Å². The average Bonchev–Trinajstić information content (AvgIpc) is 2.58. The van der Waals surface area contributed by atoms with Crippen molar-refractivity contribution in [3.63, 3.8) is 0 Å². The lowest BCUT2D eigenvalue weighted by molar-refractivity contribution is -0.385. The number of nitrogens with zero attached hydrogens (tertiary/aromatic N) is 2. The third kappa shape index (κ3) is 4.84. The van der Waals surface area contributed by atoms with Gasteiger partial charge in [-0.05, 0) is 24.8 Å². The summed E-state index contributed by atoms with van der Waals surface area (Å²) in [5.41, 5.74) is 0.492. The van der Waals surface area contributed by atoms with Gasteiger partial charge in [0.05, 0.1) is 12.0 Å². The summed E-state index contributed by atoms with van der Waals surface area (Å²) in [6.45, 7) is 8.06. The molecule has 1 aliphatic heterocycles. The lowest BCUT2D eigenvalue weighted by atomic mass is 9.94. The number of piperidine rings is 1. The summed E-state index contributed by atoms with van der Waals surface area (Å²) < 4.78 is 5.16. The van der Waals surface area contributed by atoms with Crippen molar-refractivity contribution in [1.82, 2.24) is 5.32 Å². The second-order valence-electron chi connectivity index (χ2n) is 7.53. The Labute approximate surface area is 148 Å². The van der Waals surface area contributed by atoms with E-state index < -0.39 is 4.92 Å². The Kier molecular flexibility index (Phi) is 5.87. The molecule has 0 saturated carbocycles. The number of carbonyl (C=O) groups excluding carboxylic acids is 1. The average molecular weight is 349 g/mol. The second kappa shape index (κ2) is 7.72. The van der Waals surface area contributed by atoms with E-state index >= 15 is 0 Å². The van der Waals surface area contributed by atoms with E-state index in [1.165, 1.54) is 13.2 Å². The molecule has 1 heterocycles. The summed E-state index contributed by atoms with van der Waals surface area (Å²) in [6.07, 6.45) is 2.08. The predicted molar refractivity (Wildman–Crippen MR) is 97.1 cm³/mol. The van der Waals surface area contributed by atoms with Crippen LogP contribution in [0.2, 0.25) is 0 Å². The van der Waals surface area contributed by atoms with Crippen molar-refractivity contribution >= 4 is 17.3 Å². The standard InChI is InChI=1S/C18H27N3O4/c1-18(2,3)17(22)19-11-13-6-5-9-20(12-13)14-7-8-15(21(23)24)16(10-14)25-4/h7-8,10,13H,5-6,9,11-12H2,1-4H3,(H,19,22). The first kappa shape index (κ1) is 19.0. The molecule has 25 heavy (non-hydrogen) atoms. The van der Waals surface area contributed by atoms with E-state index in [0.29, 0.717) is 12.5 Å². The van der Waals surface area contributed by atoms with Gasteiger partial charge in [-0.1, -0.05) is 20.8 Å². The van der Waals surface area contributed by atoms with E-state index in [-0.39, 0.29) is 22.8 Å². The number of nitro benzene ring substituents is 1. The third-order valence-corrected chi connectivity index (χ3v) is 4.48. The lowest BCUT2D eigenvalue weighted by Crippen LogP contribution is -2.43. The highest BCUT2D eigenvalue weighted by Crippen LogP contribution is 2.33. The van der Waals surface area contributed by atoms with Crippen LogP contribution in [0.4, 0.5) is 11.4 Å². The molecular weight excluding hydrogens is 322 g/mol. The predicted octanol–water partition coefficient (Wildman–Crippen LogP) is 2.98. The van der Waals surface area contributed by atoms with E-state index in [1.807, 2.05) is 20.8 Å². The van der Waals surface area contributed by atoms with Crippen LogP contribution >= 0.6 is 0 Å². The number of methoxy groups -OCH3 is 1. The van der Waals surface area contributed by atoms with Gasteiger partial charge in [-0.2, -0.15) is 0 Å². The number of nitro groups is 1. The molecule has 1 fully saturated rings. The van der Waals surface area contributed by atoms with Gasteiger partial charge in [0.2, 0.25) is 5.91 Å². The first-order chi connectivity index (χ1) is 11.7. The van der Waals surface area contributed by atoms with Crippen molar-refractivity contribution in [3.05, 3.63) is 28.3 Å². The third-order valence-electron chi connectivity index (χ3n) is 4.48. The number of hydrogen-bond donors (Lipinski definition) is 1. The number of nitrogens with one attached hydrogen (secondary N) is 1. The highest BCUT2D eigenvalue weighted by molar-refractivity contribution is 5.81. The van der Waals surface area contributed by atoms with Gasteiger partial charge in [0.15, 0.2) is 5.75 Å². The molecule has 7 heteroatoms. The first-order valence-electron chi connectivity index (χ1n) is 8.58. The Balaban J connectivity index is 2.03. The molecule has 1 N–H and O–H groups in total. The van der Waals surface area contributed by atoms with E-state index in [9.17, 15) is 14.9 Å². The molecule has 0 aromatic heterocycles. The van der Waals surface area contributed by atoms with Crippen molar-refractivity contribution < 1.29 is 14.5 Å². The van der Waals surface area contributed by atoms with Crippen LogP contribution in [0.1, 0.15) is 33.6 Å².